The Bertz CT molecular complexity index is 141. The van der Waals surface area contributed by atoms with Crippen molar-refractivity contribution in [3.63, 3.8) is 0 Å². The number of rotatable bonds is 2. The zero-order chi connectivity index (χ0) is 9.23. The van der Waals surface area contributed by atoms with Gasteiger partial charge in [0.2, 0.25) is 0 Å². The first-order valence-electron chi connectivity index (χ1n) is 4.07. The molecule has 0 aliphatic carbocycles. The van der Waals surface area contributed by atoms with Crippen LogP contribution in [-0.2, 0) is 9.53 Å². The molecule has 1 N–H and O–H groups in total. The highest BCUT2D eigenvalue weighted by Crippen LogP contribution is 2.10. The number of aliphatic hydroxyl groups is 1. The minimum atomic E-state index is 0.587. The van der Waals surface area contributed by atoms with Gasteiger partial charge in [0.25, 0.3) is 0 Å². The third-order valence-corrected chi connectivity index (χ3v) is 1.61. The van der Waals surface area contributed by atoms with E-state index in [1.165, 1.54) is 5.57 Å². The molecule has 1 aliphatic rings. The highest BCUT2D eigenvalue weighted by molar-refractivity contribution is 5.54. The third-order valence-electron chi connectivity index (χ3n) is 1.61. The van der Waals surface area contributed by atoms with Crippen LogP contribution in [0.5, 0.6) is 0 Å². The molecule has 0 amide bonds. The molecular weight excluding hydrogens is 156 g/mol. The minimum absolute atomic E-state index is 0.587. The smallest absolute Gasteiger partial charge is 0.124 e. The van der Waals surface area contributed by atoms with Crippen LogP contribution in [0.15, 0.2) is 11.6 Å². The molecular formula is C9H16O3. The summed E-state index contributed by atoms with van der Waals surface area (Å²) < 4.78 is 5.20. The molecule has 1 heterocycles. The lowest BCUT2D eigenvalue weighted by Crippen LogP contribution is -1.92. The predicted octanol–water partition coefficient (Wildman–Crippen LogP) is 0.921. The molecule has 0 aromatic carbocycles. The van der Waals surface area contributed by atoms with Crippen LogP contribution in [-0.4, -0.2) is 31.7 Å². The molecule has 0 fully saturated rings. The summed E-state index contributed by atoms with van der Waals surface area (Å²) in [5.41, 5.74) is 1.23. The summed E-state index contributed by atoms with van der Waals surface area (Å²) in [5.74, 6) is 0. The average molecular weight is 172 g/mol. The second-order valence-electron chi connectivity index (χ2n) is 2.38. The quantitative estimate of drug-likeness (QED) is 0.497. The zero-order valence-corrected chi connectivity index (χ0v) is 7.45. The van der Waals surface area contributed by atoms with Gasteiger partial charge in [-0.3, -0.25) is 0 Å². The van der Waals surface area contributed by atoms with Gasteiger partial charge in [-0.15, -0.1) is 0 Å². The number of carbonyl (C=O) groups excluding carboxylic acids is 1. The monoisotopic (exact) mass is 172 g/mol. The van der Waals surface area contributed by atoms with Gasteiger partial charge in [-0.2, -0.15) is 0 Å². The van der Waals surface area contributed by atoms with Gasteiger partial charge >= 0.3 is 0 Å². The van der Waals surface area contributed by atoms with E-state index >= 15 is 0 Å². The van der Waals surface area contributed by atoms with Crippen molar-refractivity contribution in [1.82, 2.24) is 0 Å². The van der Waals surface area contributed by atoms with Crippen LogP contribution in [0.1, 0.15) is 19.3 Å². The highest BCUT2D eigenvalue weighted by atomic mass is 16.5. The van der Waals surface area contributed by atoms with Gasteiger partial charge in [0.05, 0.1) is 13.2 Å². The lowest BCUT2D eigenvalue weighted by Gasteiger charge is -1.97. The second-order valence-corrected chi connectivity index (χ2v) is 2.38. The molecule has 70 valence electrons. The fourth-order valence-electron chi connectivity index (χ4n) is 1.05. The molecule has 0 saturated heterocycles. The van der Waals surface area contributed by atoms with Crippen molar-refractivity contribution >= 4 is 6.29 Å². The van der Waals surface area contributed by atoms with Crippen molar-refractivity contribution < 1.29 is 14.6 Å². The van der Waals surface area contributed by atoms with Crippen LogP contribution in [0, 0.1) is 0 Å². The van der Waals surface area contributed by atoms with E-state index in [9.17, 15) is 4.79 Å². The van der Waals surface area contributed by atoms with E-state index in [-0.39, 0.29) is 0 Å². The van der Waals surface area contributed by atoms with E-state index in [1.807, 2.05) is 0 Å². The van der Waals surface area contributed by atoms with Gasteiger partial charge in [0.1, 0.15) is 6.29 Å². The normalized spacial score (nSPS) is 16.7. The third kappa shape index (κ3) is 5.04. The van der Waals surface area contributed by atoms with Crippen molar-refractivity contribution in [2.45, 2.75) is 19.3 Å². The Kier molecular flexibility index (Phi) is 7.96. The highest BCUT2D eigenvalue weighted by Gasteiger charge is 2.00. The maximum absolute atomic E-state index is 10.1. The summed E-state index contributed by atoms with van der Waals surface area (Å²) in [7, 11) is 1.00. The fraction of sp³-hybridized carbons (Fsp3) is 0.667. The van der Waals surface area contributed by atoms with Gasteiger partial charge in [-0.1, -0.05) is 11.6 Å². The zero-order valence-electron chi connectivity index (χ0n) is 7.45. The fourth-order valence-corrected chi connectivity index (χ4v) is 1.05. The van der Waals surface area contributed by atoms with Gasteiger partial charge in [-0.25, -0.2) is 0 Å². The molecule has 0 aromatic heterocycles. The van der Waals surface area contributed by atoms with Crippen LogP contribution >= 0.6 is 0 Å². The van der Waals surface area contributed by atoms with Gasteiger partial charge in [0.15, 0.2) is 0 Å². The molecule has 0 unspecified atom stereocenters. The Labute approximate surface area is 73.0 Å². The standard InChI is InChI=1S/C8H12O2.CH4O/c9-5-3-8-2-1-6-10-7-4-8;1-2/h2,5H,1,3-4,6-7H2;2H,1H3. The largest absolute Gasteiger partial charge is 0.400 e. The van der Waals surface area contributed by atoms with Crippen LogP contribution in [0.2, 0.25) is 0 Å². The summed E-state index contributed by atoms with van der Waals surface area (Å²) in [6.07, 6.45) is 5.55. The number of carbonyl (C=O) groups is 1. The maximum atomic E-state index is 10.1. The summed E-state index contributed by atoms with van der Waals surface area (Å²) in [6.45, 7) is 1.59. The summed E-state index contributed by atoms with van der Waals surface area (Å²) in [6, 6.07) is 0. The van der Waals surface area contributed by atoms with Crippen LogP contribution in [0.25, 0.3) is 0 Å². The molecule has 0 spiro atoms. The molecule has 12 heavy (non-hydrogen) atoms. The Hall–Kier alpha value is -0.670. The number of ether oxygens (including phenoxy) is 1. The summed E-state index contributed by atoms with van der Waals surface area (Å²) in [5, 5.41) is 7.00. The molecule has 0 bridgehead atoms. The number of hydrogen-bond acceptors (Lipinski definition) is 3. The van der Waals surface area contributed by atoms with Crippen molar-refractivity contribution in [1.29, 1.82) is 0 Å². The minimum Gasteiger partial charge on any atom is -0.400 e. The first-order chi connectivity index (χ1) is 5.93. The lowest BCUT2D eigenvalue weighted by molar-refractivity contribution is -0.107. The van der Waals surface area contributed by atoms with Crippen molar-refractivity contribution in [3.05, 3.63) is 11.6 Å². The van der Waals surface area contributed by atoms with Crippen molar-refractivity contribution in [2.24, 2.45) is 0 Å². The van der Waals surface area contributed by atoms with Crippen LogP contribution < -0.4 is 0 Å². The topological polar surface area (TPSA) is 46.5 Å². The van der Waals surface area contributed by atoms with Crippen LogP contribution in [0.3, 0.4) is 0 Å². The first-order valence-corrected chi connectivity index (χ1v) is 4.07. The van der Waals surface area contributed by atoms with E-state index < -0.39 is 0 Å². The Morgan fingerprint density at radius 1 is 1.58 bits per heavy atom. The van der Waals surface area contributed by atoms with E-state index in [0.717, 1.165) is 39.5 Å². The van der Waals surface area contributed by atoms with Crippen molar-refractivity contribution in [2.75, 3.05) is 20.3 Å². The second kappa shape index (κ2) is 8.43. The average Bonchev–Trinajstić information content (AvgIpc) is 2.37. The molecule has 1 aliphatic heterocycles. The Morgan fingerprint density at radius 2 is 2.33 bits per heavy atom. The van der Waals surface area contributed by atoms with Crippen molar-refractivity contribution in [3.8, 4) is 0 Å². The summed E-state index contributed by atoms with van der Waals surface area (Å²) in [4.78, 5) is 10.1. The number of aldehydes is 1. The van der Waals surface area contributed by atoms with E-state index in [0.29, 0.717) is 6.42 Å². The van der Waals surface area contributed by atoms with Gasteiger partial charge in [0, 0.05) is 13.5 Å². The molecule has 0 radical (unpaired) electrons. The van der Waals surface area contributed by atoms with E-state index in [1.54, 1.807) is 0 Å². The molecule has 1 rings (SSSR count). The summed E-state index contributed by atoms with van der Waals surface area (Å²) >= 11 is 0. The Balaban J connectivity index is 0.000000561. The lowest BCUT2D eigenvalue weighted by atomic mass is 10.1. The van der Waals surface area contributed by atoms with Gasteiger partial charge < -0.3 is 14.6 Å². The van der Waals surface area contributed by atoms with Crippen LogP contribution in [0.4, 0.5) is 0 Å². The predicted molar refractivity (Wildman–Crippen MR) is 47.0 cm³/mol. The molecule has 0 atom stereocenters. The molecule has 3 nitrogen and oxygen atoms in total. The van der Waals surface area contributed by atoms with E-state index in [4.69, 9.17) is 9.84 Å². The van der Waals surface area contributed by atoms with Gasteiger partial charge in [-0.05, 0) is 12.8 Å². The first kappa shape index (κ1) is 11.3. The molecule has 0 saturated carbocycles. The molecule has 0 aromatic rings. The Morgan fingerprint density at radius 3 is 3.00 bits per heavy atom. The van der Waals surface area contributed by atoms with E-state index in [2.05, 4.69) is 6.08 Å². The SMILES string of the molecule is CO.O=CCC1=CCCOCC1. The molecule has 3 heteroatoms. The number of hydrogen-bond donors (Lipinski definition) is 1. The number of aliphatic hydroxyl groups excluding tert-OH is 1. The maximum Gasteiger partial charge on any atom is 0.124 e.